The highest BCUT2D eigenvalue weighted by molar-refractivity contribution is 7.92. The quantitative estimate of drug-likeness (QED) is 0.572. The van der Waals surface area contributed by atoms with Crippen LogP contribution in [0.2, 0.25) is 0 Å². The standard InChI is InChI=1S/C23H24N2O4S/c1-25(30(27,28)22-10-6-3-7-11-22)20-12-14-21(15-13-20)29-18-23(26)24-17-16-19-8-4-2-5-9-19/h2-15H,16-18H2,1H3,(H,24,26). The Morgan fingerprint density at radius 3 is 2.13 bits per heavy atom. The molecule has 0 radical (unpaired) electrons. The van der Waals surface area contributed by atoms with Crippen molar-refractivity contribution in [1.82, 2.24) is 5.32 Å². The molecule has 0 saturated carbocycles. The van der Waals surface area contributed by atoms with Gasteiger partial charge in [-0.15, -0.1) is 0 Å². The zero-order valence-electron chi connectivity index (χ0n) is 16.7. The highest BCUT2D eigenvalue weighted by atomic mass is 32.2. The molecule has 0 heterocycles. The Kier molecular flexibility index (Phi) is 7.08. The van der Waals surface area contributed by atoms with Gasteiger partial charge in [-0.25, -0.2) is 8.42 Å². The Bertz CT molecular complexity index is 1050. The highest BCUT2D eigenvalue weighted by Crippen LogP contribution is 2.24. The molecule has 0 aliphatic heterocycles. The maximum atomic E-state index is 12.7. The van der Waals surface area contributed by atoms with Crippen LogP contribution in [0.5, 0.6) is 5.75 Å². The van der Waals surface area contributed by atoms with Crippen LogP contribution in [0.15, 0.2) is 89.8 Å². The number of amides is 1. The molecule has 1 N–H and O–H groups in total. The minimum absolute atomic E-state index is 0.105. The van der Waals surface area contributed by atoms with Gasteiger partial charge in [-0.1, -0.05) is 48.5 Å². The van der Waals surface area contributed by atoms with Crippen molar-refractivity contribution in [2.24, 2.45) is 0 Å². The first-order chi connectivity index (χ1) is 14.5. The number of ether oxygens (including phenoxy) is 1. The van der Waals surface area contributed by atoms with Crippen LogP contribution in [0, 0.1) is 0 Å². The topological polar surface area (TPSA) is 75.7 Å². The molecule has 0 saturated heterocycles. The maximum absolute atomic E-state index is 12.7. The summed E-state index contributed by atoms with van der Waals surface area (Å²) in [6.45, 7) is 0.430. The Labute approximate surface area is 177 Å². The third kappa shape index (κ3) is 5.61. The van der Waals surface area contributed by atoms with Gasteiger partial charge >= 0.3 is 0 Å². The first-order valence-corrected chi connectivity index (χ1v) is 11.0. The smallest absolute Gasteiger partial charge is 0.264 e. The summed E-state index contributed by atoms with van der Waals surface area (Å²) < 4.78 is 32.1. The van der Waals surface area contributed by atoms with E-state index in [1.165, 1.54) is 11.4 Å². The molecule has 30 heavy (non-hydrogen) atoms. The molecule has 6 nitrogen and oxygen atoms in total. The van der Waals surface area contributed by atoms with Crippen LogP contribution < -0.4 is 14.4 Å². The van der Waals surface area contributed by atoms with Gasteiger partial charge in [-0.2, -0.15) is 0 Å². The summed E-state index contributed by atoms with van der Waals surface area (Å²) >= 11 is 0. The minimum Gasteiger partial charge on any atom is -0.484 e. The second kappa shape index (κ2) is 9.93. The largest absolute Gasteiger partial charge is 0.484 e. The Morgan fingerprint density at radius 2 is 1.50 bits per heavy atom. The van der Waals surface area contributed by atoms with Crippen LogP contribution >= 0.6 is 0 Å². The van der Waals surface area contributed by atoms with Crippen molar-refractivity contribution < 1.29 is 17.9 Å². The van der Waals surface area contributed by atoms with Gasteiger partial charge in [-0.3, -0.25) is 9.10 Å². The molecule has 0 spiro atoms. The molecular formula is C23H24N2O4S. The lowest BCUT2D eigenvalue weighted by Crippen LogP contribution is -2.30. The predicted octanol–water partition coefficient (Wildman–Crippen LogP) is 3.25. The third-order valence-electron chi connectivity index (χ3n) is 4.55. The van der Waals surface area contributed by atoms with Crippen molar-refractivity contribution in [3.8, 4) is 5.75 Å². The minimum atomic E-state index is -3.64. The van der Waals surface area contributed by atoms with E-state index in [2.05, 4.69) is 5.32 Å². The van der Waals surface area contributed by atoms with Gasteiger partial charge < -0.3 is 10.1 Å². The van der Waals surface area contributed by atoms with Crippen LogP contribution in [-0.2, 0) is 21.2 Å². The van der Waals surface area contributed by atoms with Crippen molar-refractivity contribution in [1.29, 1.82) is 0 Å². The summed E-state index contributed by atoms with van der Waals surface area (Å²) in [5.41, 5.74) is 1.65. The number of carbonyl (C=O) groups is 1. The number of rotatable bonds is 9. The Balaban J connectivity index is 1.50. The lowest BCUT2D eigenvalue weighted by atomic mass is 10.1. The summed E-state index contributed by atoms with van der Waals surface area (Å²) in [5, 5.41) is 2.82. The van der Waals surface area contributed by atoms with Gasteiger partial charge in [0.05, 0.1) is 10.6 Å². The summed E-state index contributed by atoms with van der Waals surface area (Å²) in [6, 6.07) is 24.7. The van der Waals surface area contributed by atoms with E-state index >= 15 is 0 Å². The predicted molar refractivity (Wildman–Crippen MR) is 117 cm³/mol. The second-order valence-electron chi connectivity index (χ2n) is 6.65. The van der Waals surface area contributed by atoms with Crippen LogP contribution in [0.1, 0.15) is 5.56 Å². The van der Waals surface area contributed by atoms with Gasteiger partial charge in [0.2, 0.25) is 0 Å². The molecular weight excluding hydrogens is 400 g/mol. The summed E-state index contributed by atoms with van der Waals surface area (Å²) in [4.78, 5) is 12.2. The molecule has 0 bridgehead atoms. The molecule has 0 aromatic heterocycles. The van der Waals surface area contributed by atoms with E-state index in [1.54, 1.807) is 54.6 Å². The summed E-state index contributed by atoms with van der Waals surface area (Å²) in [6.07, 6.45) is 0.753. The van der Waals surface area contributed by atoms with Crippen molar-refractivity contribution >= 4 is 21.6 Å². The lowest BCUT2D eigenvalue weighted by molar-refractivity contribution is -0.123. The lowest BCUT2D eigenvalue weighted by Gasteiger charge is -2.19. The van der Waals surface area contributed by atoms with E-state index in [4.69, 9.17) is 4.74 Å². The zero-order valence-corrected chi connectivity index (χ0v) is 17.5. The number of nitrogens with one attached hydrogen (secondary N) is 1. The van der Waals surface area contributed by atoms with Gasteiger partial charge in [0.25, 0.3) is 15.9 Å². The molecule has 1 amide bonds. The van der Waals surface area contributed by atoms with Gasteiger partial charge in [0.1, 0.15) is 5.75 Å². The van der Waals surface area contributed by atoms with E-state index in [9.17, 15) is 13.2 Å². The monoisotopic (exact) mass is 424 g/mol. The number of carbonyl (C=O) groups excluding carboxylic acids is 1. The van der Waals surface area contributed by atoms with Crippen LogP contribution in [-0.4, -0.2) is 34.5 Å². The number of nitrogens with zero attached hydrogens (tertiary/aromatic N) is 1. The van der Waals surface area contributed by atoms with Gasteiger partial charge in [0.15, 0.2) is 6.61 Å². The second-order valence-corrected chi connectivity index (χ2v) is 8.62. The van der Waals surface area contributed by atoms with Crippen molar-refractivity contribution in [3.05, 3.63) is 90.5 Å². The van der Waals surface area contributed by atoms with Crippen LogP contribution in [0.3, 0.4) is 0 Å². The first-order valence-electron chi connectivity index (χ1n) is 9.54. The molecule has 0 atom stereocenters. The number of hydrogen-bond donors (Lipinski definition) is 1. The van der Waals surface area contributed by atoms with E-state index < -0.39 is 10.0 Å². The molecule has 7 heteroatoms. The SMILES string of the molecule is CN(c1ccc(OCC(=O)NCCc2ccccc2)cc1)S(=O)(=O)c1ccccc1. The average Bonchev–Trinajstić information content (AvgIpc) is 2.79. The highest BCUT2D eigenvalue weighted by Gasteiger charge is 2.20. The normalized spacial score (nSPS) is 11.0. The number of sulfonamides is 1. The molecule has 3 aromatic carbocycles. The molecule has 0 unspecified atom stereocenters. The molecule has 0 fully saturated rings. The molecule has 3 aromatic rings. The number of hydrogen-bond acceptors (Lipinski definition) is 4. The zero-order chi connectivity index (χ0) is 21.4. The van der Waals surface area contributed by atoms with E-state index in [-0.39, 0.29) is 17.4 Å². The Hall–Kier alpha value is -3.32. The van der Waals surface area contributed by atoms with Crippen LogP contribution in [0.25, 0.3) is 0 Å². The van der Waals surface area contributed by atoms with Gasteiger partial charge in [0, 0.05) is 13.6 Å². The fraction of sp³-hybridized carbons (Fsp3) is 0.174. The average molecular weight is 425 g/mol. The molecule has 3 rings (SSSR count). The van der Waals surface area contributed by atoms with E-state index in [0.29, 0.717) is 18.0 Å². The number of benzene rings is 3. The molecule has 156 valence electrons. The maximum Gasteiger partial charge on any atom is 0.264 e. The first kappa shape index (κ1) is 21.4. The van der Waals surface area contributed by atoms with Gasteiger partial charge in [-0.05, 0) is 48.4 Å². The third-order valence-corrected chi connectivity index (χ3v) is 6.35. The van der Waals surface area contributed by atoms with Crippen molar-refractivity contribution in [3.63, 3.8) is 0 Å². The fourth-order valence-corrected chi connectivity index (χ4v) is 4.05. The van der Waals surface area contributed by atoms with E-state index in [0.717, 1.165) is 12.0 Å². The molecule has 0 aliphatic rings. The number of anilines is 1. The summed E-state index contributed by atoms with van der Waals surface area (Å²) in [5.74, 6) is 0.279. The Morgan fingerprint density at radius 1 is 0.900 bits per heavy atom. The van der Waals surface area contributed by atoms with E-state index in [1.807, 2.05) is 30.3 Å². The van der Waals surface area contributed by atoms with Crippen molar-refractivity contribution in [2.45, 2.75) is 11.3 Å². The van der Waals surface area contributed by atoms with Crippen molar-refractivity contribution in [2.75, 3.05) is 24.5 Å². The fourth-order valence-electron chi connectivity index (χ4n) is 2.83. The van der Waals surface area contributed by atoms with Crippen LogP contribution in [0.4, 0.5) is 5.69 Å². The molecule has 0 aliphatic carbocycles. The summed E-state index contributed by atoms with van der Waals surface area (Å²) in [7, 11) is -2.14.